The topological polar surface area (TPSA) is 28.1 Å². The molecular weight excluding hydrogens is 184 g/mol. The molecule has 13 heavy (non-hydrogen) atoms. The molecule has 2 rings (SSSR count). The second kappa shape index (κ2) is 3.54. The van der Waals surface area contributed by atoms with E-state index in [0.717, 1.165) is 18.5 Å². The van der Waals surface area contributed by atoms with Crippen molar-refractivity contribution in [3.05, 3.63) is 23.5 Å². The highest BCUT2D eigenvalue weighted by Gasteiger charge is 2.16. The van der Waals surface area contributed by atoms with Crippen molar-refractivity contribution in [2.75, 3.05) is 6.54 Å². The van der Waals surface area contributed by atoms with E-state index in [1.165, 1.54) is 12.1 Å². The van der Waals surface area contributed by atoms with Gasteiger partial charge in [0, 0.05) is 24.0 Å². The smallest absolute Gasteiger partial charge is 0.132 e. The number of aromatic nitrogens is 1. The average Bonchev–Trinajstić information content (AvgIpc) is 2.57. The minimum Gasteiger partial charge on any atom is -0.364 e. The molecule has 2 heterocycles. The summed E-state index contributed by atoms with van der Waals surface area (Å²) in [6.45, 7) is 3.08. The predicted molar refractivity (Wildman–Crippen MR) is 55.7 cm³/mol. The summed E-state index contributed by atoms with van der Waals surface area (Å²) in [6, 6.07) is 2.00. The van der Waals surface area contributed by atoms with E-state index in [-0.39, 0.29) is 0 Å². The van der Waals surface area contributed by atoms with Gasteiger partial charge in [0.05, 0.1) is 0 Å². The molecule has 1 unspecified atom stereocenters. The summed E-state index contributed by atoms with van der Waals surface area (Å²) in [5.74, 6) is 0.564. The number of aliphatic imine (C=N–C) groups is 1. The van der Waals surface area contributed by atoms with Gasteiger partial charge >= 0.3 is 0 Å². The Morgan fingerprint density at radius 1 is 1.62 bits per heavy atom. The first-order chi connectivity index (χ1) is 6.29. The van der Waals surface area contributed by atoms with E-state index in [4.69, 9.17) is 11.6 Å². The van der Waals surface area contributed by atoms with Crippen molar-refractivity contribution in [1.82, 2.24) is 4.98 Å². The van der Waals surface area contributed by atoms with Crippen LogP contribution in [-0.2, 0) is 0 Å². The molecule has 1 aromatic heterocycles. The highest BCUT2D eigenvalue weighted by Crippen LogP contribution is 2.26. The zero-order valence-corrected chi connectivity index (χ0v) is 8.43. The predicted octanol–water partition coefficient (Wildman–Crippen LogP) is 2.90. The van der Waals surface area contributed by atoms with Crippen LogP contribution in [0, 0.1) is 0 Å². The molecule has 70 valence electrons. The lowest BCUT2D eigenvalue weighted by molar-refractivity contribution is 0.625. The van der Waals surface area contributed by atoms with Crippen molar-refractivity contribution in [1.29, 1.82) is 0 Å². The number of rotatable bonds is 0. The third kappa shape index (κ3) is 1.63. The number of halogens is 1. The third-order valence-electron chi connectivity index (χ3n) is 2.54. The first-order valence-corrected chi connectivity index (χ1v) is 5.04. The molecule has 0 radical (unpaired) electrons. The van der Waals surface area contributed by atoms with Gasteiger partial charge in [0.15, 0.2) is 0 Å². The number of hydrogen-bond donors (Lipinski definition) is 1. The summed E-state index contributed by atoms with van der Waals surface area (Å²) >= 11 is 6.06. The van der Waals surface area contributed by atoms with Gasteiger partial charge in [0.2, 0.25) is 0 Å². The Labute approximate surface area is 83.0 Å². The van der Waals surface area contributed by atoms with Gasteiger partial charge in [0.1, 0.15) is 5.17 Å². The molecule has 1 aliphatic rings. The largest absolute Gasteiger partial charge is 0.364 e. The van der Waals surface area contributed by atoms with Crippen molar-refractivity contribution in [3.8, 4) is 0 Å². The lowest BCUT2D eigenvalue weighted by Crippen LogP contribution is -2.06. The van der Waals surface area contributed by atoms with Crippen LogP contribution >= 0.6 is 11.6 Å². The highest BCUT2D eigenvalue weighted by molar-refractivity contribution is 6.69. The van der Waals surface area contributed by atoms with Crippen molar-refractivity contribution in [2.45, 2.75) is 25.7 Å². The molecule has 1 aromatic rings. The first kappa shape index (κ1) is 8.82. The number of hydrogen-bond acceptors (Lipinski definition) is 1. The third-order valence-corrected chi connectivity index (χ3v) is 2.86. The maximum Gasteiger partial charge on any atom is 0.132 e. The van der Waals surface area contributed by atoms with Gasteiger partial charge in [0.25, 0.3) is 0 Å². The van der Waals surface area contributed by atoms with E-state index in [0.29, 0.717) is 11.1 Å². The van der Waals surface area contributed by atoms with Crippen molar-refractivity contribution < 1.29 is 0 Å². The van der Waals surface area contributed by atoms with E-state index in [2.05, 4.69) is 16.9 Å². The zero-order valence-electron chi connectivity index (χ0n) is 7.68. The summed E-state index contributed by atoms with van der Waals surface area (Å²) in [4.78, 5) is 7.53. The Morgan fingerprint density at radius 2 is 2.46 bits per heavy atom. The van der Waals surface area contributed by atoms with Gasteiger partial charge in [-0.2, -0.15) is 0 Å². The lowest BCUT2D eigenvalue weighted by Gasteiger charge is -2.14. The Hall–Kier alpha value is -0.760. The molecule has 0 fully saturated rings. The molecule has 0 spiro atoms. The molecule has 0 aliphatic carbocycles. The molecule has 0 saturated heterocycles. The van der Waals surface area contributed by atoms with E-state index >= 15 is 0 Å². The van der Waals surface area contributed by atoms with Crippen molar-refractivity contribution in [2.24, 2.45) is 4.99 Å². The highest BCUT2D eigenvalue weighted by atomic mass is 35.5. The molecule has 0 amide bonds. The first-order valence-electron chi connectivity index (χ1n) is 4.66. The standard InChI is InChI=1S/C10H13ClN2/c1-7-3-2-5-13-10(11)8-4-6-12-9(7)8/h4,6-7,12H,2-3,5H2,1H3. The second-order valence-corrected chi connectivity index (χ2v) is 3.88. The lowest BCUT2D eigenvalue weighted by atomic mass is 9.98. The molecule has 3 heteroatoms. The second-order valence-electron chi connectivity index (χ2n) is 3.52. The van der Waals surface area contributed by atoms with Gasteiger partial charge in [-0.25, -0.2) is 0 Å². The molecule has 1 N–H and O–H groups in total. The van der Waals surface area contributed by atoms with Gasteiger partial charge in [-0.1, -0.05) is 18.5 Å². The molecule has 1 aliphatic heterocycles. The van der Waals surface area contributed by atoms with Crippen molar-refractivity contribution in [3.63, 3.8) is 0 Å². The normalized spacial score (nSPS) is 22.9. The van der Waals surface area contributed by atoms with Gasteiger partial charge in [-0.15, -0.1) is 0 Å². The van der Waals surface area contributed by atoms with Gasteiger partial charge < -0.3 is 4.98 Å². The fourth-order valence-corrected chi connectivity index (χ4v) is 2.02. The van der Waals surface area contributed by atoms with E-state index in [1.54, 1.807) is 0 Å². The summed E-state index contributed by atoms with van der Waals surface area (Å²) in [5.41, 5.74) is 2.31. The van der Waals surface area contributed by atoms with Crippen LogP contribution in [0.4, 0.5) is 0 Å². The number of aromatic amines is 1. The summed E-state index contributed by atoms with van der Waals surface area (Å²) in [7, 11) is 0. The van der Waals surface area contributed by atoms with Crippen LogP contribution < -0.4 is 0 Å². The van der Waals surface area contributed by atoms with Crippen LogP contribution in [0.15, 0.2) is 17.3 Å². The monoisotopic (exact) mass is 196 g/mol. The van der Waals surface area contributed by atoms with Gasteiger partial charge in [-0.05, 0) is 24.8 Å². The Bertz CT molecular complexity index is 327. The molecule has 0 bridgehead atoms. The van der Waals surface area contributed by atoms with E-state index in [1.807, 2.05) is 12.3 Å². The quantitative estimate of drug-likeness (QED) is 0.661. The number of nitrogens with one attached hydrogen (secondary N) is 1. The molecular formula is C10H13ClN2. The van der Waals surface area contributed by atoms with Crippen LogP contribution in [0.1, 0.15) is 36.9 Å². The molecule has 1 atom stereocenters. The average molecular weight is 197 g/mol. The van der Waals surface area contributed by atoms with Gasteiger partial charge in [-0.3, -0.25) is 4.99 Å². The minimum atomic E-state index is 0.564. The van der Waals surface area contributed by atoms with E-state index in [9.17, 15) is 0 Å². The van der Waals surface area contributed by atoms with Crippen LogP contribution in [0.25, 0.3) is 0 Å². The fraction of sp³-hybridized carbons (Fsp3) is 0.500. The van der Waals surface area contributed by atoms with E-state index < -0.39 is 0 Å². The van der Waals surface area contributed by atoms with Crippen LogP contribution in [0.5, 0.6) is 0 Å². The van der Waals surface area contributed by atoms with Crippen LogP contribution in [-0.4, -0.2) is 16.7 Å². The number of H-pyrrole nitrogens is 1. The van der Waals surface area contributed by atoms with Crippen LogP contribution in [0.3, 0.4) is 0 Å². The molecule has 0 saturated carbocycles. The maximum absolute atomic E-state index is 6.06. The van der Waals surface area contributed by atoms with Crippen LogP contribution in [0.2, 0.25) is 0 Å². The summed E-state index contributed by atoms with van der Waals surface area (Å²) in [6.07, 6.45) is 4.24. The van der Waals surface area contributed by atoms with Crippen molar-refractivity contribution >= 4 is 16.8 Å². The maximum atomic E-state index is 6.06. The Morgan fingerprint density at radius 3 is 3.31 bits per heavy atom. The molecule has 2 nitrogen and oxygen atoms in total. The number of nitrogens with zero attached hydrogens (tertiary/aromatic N) is 1. The Balaban J connectivity index is 2.45. The fourth-order valence-electron chi connectivity index (χ4n) is 1.77. The summed E-state index contributed by atoms with van der Waals surface area (Å²) < 4.78 is 0. The summed E-state index contributed by atoms with van der Waals surface area (Å²) in [5, 5.41) is 0.655. The SMILES string of the molecule is CC1CCCN=C(Cl)c2cc[nH]c21. The minimum absolute atomic E-state index is 0.564. The Kier molecular flexibility index (Phi) is 2.40. The zero-order chi connectivity index (χ0) is 9.26. The number of fused-ring (bicyclic) bond motifs is 1. The molecule has 0 aromatic carbocycles.